The highest BCUT2D eigenvalue weighted by atomic mass is 79.9. The zero-order chi connectivity index (χ0) is 13.1. The van der Waals surface area contributed by atoms with E-state index in [1.54, 1.807) is 6.07 Å². The molecule has 0 saturated heterocycles. The Morgan fingerprint density at radius 2 is 1.89 bits per heavy atom. The maximum atomic E-state index is 6.01. The van der Waals surface area contributed by atoms with Crippen LogP contribution in [0.25, 0.3) is 0 Å². The molecule has 18 heavy (non-hydrogen) atoms. The molecule has 1 aromatic heterocycles. The Morgan fingerprint density at radius 3 is 2.50 bits per heavy atom. The molecule has 0 aliphatic rings. The second-order valence-electron chi connectivity index (χ2n) is 4.14. The largest absolute Gasteiger partial charge is 0.261 e. The monoisotopic (exact) mass is 343 g/mol. The summed E-state index contributed by atoms with van der Waals surface area (Å²) in [6.07, 6.45) is 2.62. The van der Waals surface area contributed by atoms with Gasteiger partial charge in [-0.2, -0.15) is 0 Å². The lowest BCUT2D eigenvalue weighted by atomic mass is 10.1. The predicted molar refractivity (Wildman–Crippen MR) is 80.8 cm³/mol. The number of hydrogen-bond donors (Lipinski definition) is 0. The molecule has 1 heterocycles. The van der Waals surface area contributed by atoms with Crippen LogP contribution in [0.3, 0.4) is 0 Å². The van der Waals surface area contributed by atoms with Gasteiger partial charge in [0.25, 0.3) is 0 Å². The van der Waals surface area contributed by atoms with Crippen LogP contribution in [0.4, 0.5) is 0 Å². The number of aryl methyl sites for hydroxylation is 1. The fraction of sp³-hybridized carbons (Fsp3) is 0.214. The quantitative estimate of drug-likeness (QED) is 0.681. The summed E-state index contributed by atoms with van der Waals surface area (Å²) in [7, 11) is 0. The summed E-state index contributed by atoms with van der Waals surface area (Å²) in [5, 5.41) is 1.30. The maximum absolute atomic E-state index is 6.01. The first-order chi connectivity index (χ1) is 8.56. The summed E-state index contributed by atoms with van der Waals surface area (Å²) < 4.78 is 0. The second-order valence-corrected chi connectivity index (χ2v) is 6.12. The molecule has 1 atom stereocenters. The molecule has 0 aliphatic heterocycles. The third kappa shape index (κ3) is 3.47. The first-order valence-electron chi connectivity index (χ1n) is 5.57. The standard InChI is InChI=1S/C14H12BrCl2N/c1-9-3-2-4-18-14(9)8-13(15)10-5-11(16)7-12(17)6-10/h2-7,13H,8H2,1H3. The van der Waals surface area contributed by atoms with Crippen LogP contribution >= 0.6 is 39.1 Å². The minimum atomic E-state index is 0.155. The van der Waals surface area contributed by atoms with Crippen molar-refractivity contribution in [1.29, 1.82) is 0 Å². The van der Waals surface area contributed by atoms with Crippen LogP contribution in [0.15, 0.2) is 36.5 Å². The van der Waals surface area contributed by atoms with Crippen molar-refractivity contribution in [3.8, 4) is 0 Å². The van der Waals surface area contributed by atoms with Crippen molar-refractivity contribution in [3.05, 3.63) is 63.4 Å². The molecular weight excluding hydrogens is 333 g/mol. The van der Waals surface area contributed by atoms with Crippen molar-refractivity contribution in [2.75, 3.05) is 0 Å². The highest BCUT2D eigenvalue weighted by Crippen LogP contribution is 2.31. The molecule has 0 N–H and O–H groups in total. The van der Waals surface area contributed by atoms with Gasteiger partial charge < -0.3 is 0 Å². The molecule has 2 aromatic rings. The first kappa shape index (κ1) is 13.9. The van der Waals surface area contributed by atoms with E-state index in [2.05, 4.69) is 33.9 Å². The molecule has 1 aromatic carbocycles. The van der Waals surface area contributed by atoms with Crippen LogP contribution in [-0.4, -0.2) is 4.98 Å². The van der Waals surface area contributed by atoms with Crippen LogP contribution in [0.1, 0.15) is 21.6 Å². The molecule has 1 unspecified atom stereocenters. The lowest BCUT2D eigenvalue weighted by Crippen LogP contribution is -2.00. The fourth-order valence-corrected chi connectivity index (χ4v) is 2.89. The van der Waals surface area contributed by atoms with Crippen LogP contribution in [0, 0.1) is 6.92 Å². The van der Waals surface area contributed by atoms with Gasteiger partial charge in [0.1, 0.15) is 0 Å². The van der Waals surface area contributed by atoms with E-state index in [0.717, 1.165) is 17.7 Å². The van der Waals surface area contributed by atoms with E-state index >= 15 is 0 Å². The number of halogens is 3. The van der Waals surface area contributed by atoms with Gasteiger partial charge in [-0.25, -0.2) is 0 Å². The average Bonchev–Trinajstić information content (AvgIpc) is 2.31. The van der Waals surface area contributed by atoms with Crippen molar-refractivity contribution in [2.45, 2.75) is 18.2 Å². The van der Waals surface area contributed by atoms with E-state index in [-0.39, 0.29) is 4.83 Å². The topological polar surface area (TPSA) is 12.9 Å². The smallest absolute Gasteiger partial charge is 0.0451 e. The van der Waals surface area contributed by atoms with E-state index < -0.39 is 0 Å². The lowest BCUT2D eigenvalue weighted by Gasteiger charge is -2.12. The summed E-state index contributed by atoms with van der Waals surface area (Å²) in [5.74, 6) is 0. The molecule has 0 amide bonds. The fourth-order valence-electron chi connectivity index (χ4n) is 1.78. The highest BCUT2D eigenvalue weighted by molar-refractivity contribution is 9.09. The molecule has 1 nitrogen and oxygen atoms in total. The van der Waals surface area contributed by atoms with Crippen LogP contribution in [0.2, 0.25) is 10.0 Å². The minimum Gasteiger partial charge on any atom is -0.261 e. The molecule has 0 radical (unpaired) electrons. The number of rotatable bonds is 3. The molecule has 0 bridgehead atoms. The second kappa shape index (κ2) is 6.05. The van der Waals surface area contributed by atoms with Crippen molar-refractivity contribution >= 4 is 39.1 Å². The van der Waals surface area contributed by atoms with Crippen molar-refractivity contribution in [2.24, 2.45) is 0 Å². The summed E-state index contributed by atoms with van der Waals surface area (Å²) in [6.45, 7) is 2.06. The third-order valence-corrected chi connectivity index (χ3v) is 4.03. The Bertz CT molecular complexity index is 537. The van der Waals surface area contributed by atoms with Crippen molar-refractivity contribution in [3.63, 3.8) is 0 Å². The molecule has 94 valence electrons. The number of nitrogens with zero attached hydrogens (tertiary/aromatic N) is 1. The normalized spacial score (nSPS) is 12.4. The third-order valence-electron chi connectivity index (χ3n) is 2.74. The Kier molecular flexibility index (Phi) is 4.66. The van der Waals surface area contributed by atoms with Crippen molar-refractivity contribution in [1.82, 2.24) is 4.98 Å². The van der Waals surface area contributed by atoms with Crippen LogP contribution in [-0.2, 0) is 6.42 Å². The summed E-state index contributed by atoms with van der Waals surface area (Å²) in [5.41, 5.74) is 3.34. The number of benzene rings is 1. The summed E-state index contributed by atoms with van der Waals surface area (Å²) in [4.78, 5) is 4.55. The molecular formula is C14H12BrCl2N. The van der Waals surface area contributed by atoms with Gasteiger partial charge in [0, 0.05) is 33.2 Å². The lowest BCUT2D eigenvalue weighted by molar-refractivity contribution is 0.892. The van der Waals surface area contributed by atoms with Crippen molar-refractivity contribution < 1.29 is 0 Å². The van der Waals surface area contributed by atoms with Gasteiger partial charge in [0.15, 0.2) is 0 Å². The molecule has 0 saturated carbocycles. The van der Waals surface area contributed by atoms with Gasteiger partial charge in [-0.15, -0.1) is 0 Å². The van der Waals surface area contributed by atoms with E-state index in [4.69, 9.17) is 23.2 Å². The van der Waals surface area contributed by atoms with E-state index in [9.17, 15) is 0 Å². The summed E-state index contributed by atoms with van der Waals surface area (Å²) in [6, 6.07) is 9.58. The Balaban J connectivity index is 2.22. The van der Waals surface area contributed by atoms with Gasteiger partial charge >= 0.3 is 0 Å². The number of pyridine rings is 1. The number of alkyl halides is 1. The van der Waals surface area contributed by atoms with Gasteiger partial charge in [0.2, 0.25) is 0 Å². The van der Waals surface area contributed by atoms with E-state index in [0.29, 0.717) is 10.0 Å². The van der Waals surface area contributed by atoms with Gasteiger partial charge in [-0.05, 0) is 42.3 Å². The van der Waals surface area contributed by atoms with Gasteiger partial charge in [0.05, 0.1) is 0 Å². The Hall–Kier alpha value is -0.570. The zero-order valence-corrected chi connectivity index (χ0v) is 12.9. The Morgan fingerprint density at radius 1 is 1.22 bits per heavy atom. The number of hydrogen-bond acceptors (Lipinski definition) is 1. The molecule has 0 aliphatic carbocycles. The minimum absolute atomic E-state index is 0.155. The van der Waals surface area contributed by atoms with Crippen LogP contribution in [0.5, 0.6) is 0 Å². The van der Waals surface area contributed by atoms with E-state index in [1.165, 1.54) is 5.56 Å². The molecule has 2 rings (SSSR count). The van der Waals surface area contributed by atoms with Gasteiger partial charge in [-0.1, -0.05) is 45.2 Å². The Labute approximate surface area is 125 Å². The van der Waals surface area contributed by atoms with Gasteiger partial charge in [-0.3, -0.25) is 4.98 Å². The zero-order valence-electron chi connectivity index (χ0n) is 9.83. The summed E-state index contributed by atoms with van der Waals surface area (Å²) >= 11 is 15.7. The maximum Gasteiger partial charge on any atom is 0.0451 e. The molecule has 0 fully saturated rings. The predicted octanol–water partition coefficient (Wildman–Crippen LogP) is 5.38. The number of aromatic nitrogens is 1. The van der Waals surface area contributed by atoms with E-state index in [1.807, 2.05) is 24.4 Å². The SMILES string of the molecule is Cc1cccnc1CC(Br)c1cc(Cl)cc(Cl)c1. The molecule has 0 spiro atoms. The highest BCUT2D eigenvalue weighted by Gasteiger charge is 2.12. The molecule has 4 heteroatoms. The first-order valence-corrected chi connectivity index (χ1v) is 7.24. The average molecular weight is 345 g/mol. The van der Waals surface area contributed by atoms with Crippen LogP contribution < -0.4 is 0 Å².